The first kappa shape index (κ1) is 11.2. The molecule has 0 amide bonds. The highest BCUT2D eigenvalue weighted by Gasteiger charge is 2.12. The molecule has 0 saturated carbocycles. The number of nitrogens with two attached hydrogens (primary N) is 1. The van der Waals surface area contributed by atoms with E-state index in [2.05, 4.69) is 21.0 Å². The molecule has 0 aliphatic carbocycles. The Hall–Kier alpha value is -0.880. The van der Waals surface area contributed by atoms with Crippen LogP contribution in [0.15, 0.2) is 10.8 Å². The standard InChI is InChI=1S/C8H12BrN3O2/c1-5-4-11-12(7(5)9)3-2-6(10)8(13)14/h4,6H,2-3,10H2,1H3,(H,13,14). The Morgan fingerprint density at radius 1 is 1.86 bits per heavy atom. The van der Waals surface area contributed by atoms with Gasteiger partial charge in [0.2, 0.25) is 0 Å². The van der Waals surface area contributed by atoms with Gasteiger partial charge in [0.1, 0.15) is 10.6 Å². The predicted molar refractivity (Wildman–Crippen MR) is 54.9 cm³/mol. The van der Waals surface area contributed by atoms with Crippen LogP contribution in [0.5, 0.6) is 0 Å². The number of nitrogens with zero attached hydrogens (tertiary/aromatic N) is 2. The minimum absolute atomic E-state index is 0.370. The van der Waals surface area contributed by atoms with Gasteiger partial charge in [0.05, 0.1) is 6.20 Å². The van der Waals surface area contributed by atoms with Crippen molar-refractivity contribution in [1.82, 2.24) is 9.78 Å². The Morgan fingerprint density at radius 3 is 2.93 bits per heavy atom. The summed E-state index contributed by atoms with van der Waals surface area (Å²) < 4.78 is 2.56. The Kier molecular flexibility index (Phi) is 3.65. The zero-order chi connectivity index (χ0) is 10.7. The van der Waals surface area contributed by atoms with E-state index in [1.165, 1.54) is 0 Å². The Morgan fingerprint density at radius 2 is 2.50 bits per heavy atom. The highest BCUT2D eigenvalue weighted by atomic mass is 79.9. The van der Waals surface area contributed by atoms with Gasteiger partial charge in [-0.25, -0.2) is 0 Å². The number of aromatic nitrogens is 2. The molecule has 0 saturated heterocycles. The second kappa shape index (κ2) is 4.56. The first-order valence-electron chi connectivity index (χ1n) is 4.18. The molecule has 1 atom stereocenters. The van der Waals surface area contributed by atoms with Crippen LogP contribution in [-0.4, -0.2) is 26.9 Å². The van der Waals surface area contributed by atoms with E-state index in [0.29, 0.717) is 13.0 Å². The molecule has 6 heteroatoms. The van der Waals surface area contributed by atoms with Gasteiger partial charge in [-0.15, -0.1) is 0 Å². The molecule has 78 valence electrons. The van der Waals surface area contributed by atoms with Crippen molar-refractivity contribution >= 4 is 21.9 Å². The Bertz CT molecular complexity index is 337. The van der Waals surface area contributed by atoms with Gasteiger partial charge in [0.15, 0.2) is 0 Å². The van der Waals surface area contributed by atoms with E-state index in [1.807, 2.05) is 6.92 Å². The van der Waals surface area contributed by atoms with Crippen molar-refractivity contribution in [3.8, 4) is 0 Å². The van der Waals surface area contributed by atoms with Gasteiger partial charge in [0.25, 0.3) is 0 Å². The van der Waals surface area contributed by atoms with Crippen LogP contribution in [-0.2, 0) is 11.3 Å². The van der Waals surface area contributed by atoms with E-state index in [9.17, 15) is 4.79 Å². The molecule has 0 aliphatic heterocycles. The average Bonchev–Trinajstić information content (AvgIpc) is 2.44. The number of aryl methyl sites for hydroxylation is 2. The number of carboxylic acids is 1. The average molecular weight is 262 g/mol. The summed E-state index contributed by atoms with van der Waals surface area (Å²) in [7, 11) is 0. The lowest BCUT2D eigenvalue weighted by Gasteiger charge is -2.07. The van der Waals surface area contributed by atoms with Crippen molar-refractivity contribution in [2.24, 2.45) is 5.73 Å². The van der Waals surface area contributed by atoms with Gasteiger partial charge in [-0.05, 0) is 29.3 Å². The van der Waals surface area contributed by atoms with Gasteiger partial charge < -0.3 is 10.8 Å². The van der Waals surface area contributed by atoms with Crippen molar-refractivity contribution < 1.29 is 9.90 Å². The number of carboxylic acid groups (broad SMARTS) is 1. The van der Waals surface area contributed by atoms with Crippen molar-refractivity contribution in [3.63, 3.8) is 0 Å². The van der Waals surface area contributed by atoms with E-state index >= 15 is 0 Å². The third kappa shape index (κ3) is 2.55. The molecule has 1 heterocycles. The lowest BCUT2D eigenvalue weighted by atomic mass is 10.2. The Balaban J connectivity index is 2.54. The van der Waals surface area contributed by atoms with Gasteiger partial charge in [0, 0.05) is 12.1 Å². The van der Waals surface area contributed by atoms with Gasteiger partial charge in [-0.3, -0.25) is 9.48 Å². The molecule has 0 aliphatic rings. The van der Waals surface area contributed by atoms with Crippen molar-refractivity contribution in [2.45, 2.75) is 25.9 Å². The first-order valence-corrected chi connectivity index (χ1v) is 4.98. The lowest BCUT2D eigenvalue weighted by Crippen LogP contribution is -2.31. The number of rotatable bonds is 4. The molecule has 1 rings (SSSR count). The molecule has 5 nitrogen and oxygen atoms in total. The summed E-state index contributed by atoms with van der Waals surface area (Å²) in [5, 5.41) is 12.6. The molecule has 0 radical (unpaired) electrons. The van der Waals surface area contributed by atoms with E-state index in [1.54, 1.807) is 10.9 Å². The van der Waals surface area contributed by atoms with Gasteiger partial charge in [-0.1, -0.05) is 0 Å². The number of halogens is 1. The van der Waals surface area contributed by atoms with Gasteiger partial charge in [-0.2, -0.15) is 5.10 Å². The van der Waals surface area contributed by atoms with Crippen LogP contribution in [0.2, 0.25) is 0 Å². The molecular formula is C8H12BrN3O2. The monoisotopic (exact) mass is 261 g/mol. The van der Waals surface area contributed by atoms with Crippen LogP contribution in [0.3, 0.4) is 0 Å². The van der Waals surface area contributed by atoms with Crippen molar-refractivity contribution in [2.75, 3.05) is 0 Å². The molecule has 0 fully saturated rings. The van der Waals surface area contributed by atoms with Crippen LogP contribution in [0.1, 0.15) is 12.0 Å². The predicted octanol–water partition coefficient (Wildman–Crippen LogP) is 0.756. The number of aliphatic carboxylic acids is 1. The zero-order valence-corrected chi connectivity index (χ0v) is 9.36. The maximum absolute atomic E-state index is 10.4. The van der Waals surface area contributed by atoms with Crippen LogP contribution < -0.4 is 5.73 Å². The largest absolute Gasteiger partial charge is 0.480 e. The summed E-state index contributed by atoms with van der Waals surface area (Å²) in [6.07, 6.45) is 2.09. The fourth-order valence-corrected chi connectivity index (χ4v) is 1.38. The van der Waals surface area contributed by atoms with E-state index in [-0.39, 0.29) is 0 Å². The van der Waals surface area contributed by atoms with E-state index in [4.69, 9.17) is 10.8 Å². The smallest absolute Gasteiger partial charge is 0.320 e. The van der Waals surface area contributed by atoms with Crippen LogP contribution in [0.4, 0.5) is 0 Å². The third-order valence-corrected chi connectivity index (χ3v) is 2.95. The number of hydrogen-bond acceptors (Lipinski definition) is 3. The third-order valence-electron chi connectivity index (χ3n) is 1.91. The minimum atomic E-state index is -0.981. The summed E-state index contributed by atoms with van der Waals surface area (Å²) >= 11 is 3.35. The minimum Gasteiger partial charge on any atom is -0.480 e. The normalized spacial score (nSPS) is 12.8. The highest BCUT2D eigenvalue weighted by molar-refractivity contribution is 9.10. The Labute approximate surface area is 90.0 Å². The second-order valence-electron chi connectivity index (χ2n) is 3.07. The molecule has 1 unspecified atom stereocenters. The molecular weight excluding hydrogens is 250 g/mol. The second-order valence-corrected chi connectivity index (χ2v) is 3.83. The fraction of sp³-hybridized carbons (Fsp3) is 0.500. The summed E-state index contributed by atoms with van der Waals surface area (Å²) in [5.41, 5.74) is 6.39. The summed E-state index contributed by atoms with van der Waals surface area (Å²) in [6.45, 7) is 2.42. The van der Waals surface area contributed by atoms with Crippen molar-refractivity contribution in [3.05, 3.63) is 16.4 Å². The molecule has 3 N–H and O–H groups in total. The molecule has 1 aromatic heterocycles. The van der Waals surface area contributed by atoms with Crippen LogP contribution >= 0.6 is 15.9 Å². The maximum atomic E-state index is 10.4. The first-order chi connectivity index (χ1) is 6.52. The molecule has 0 spiro atoms. The molecule has 14 heavy (non-hydrogen) atoms. The summed E-state index contributed by atoms with van der Waals surface area (Å²) in [4.78, 5) is 10.4. The quantitative estimate of drug-likeness (QED) is 0.839. The SMILES string of the molecule is Cc1cnn(CCC(N)C(=O)O)c1Br. The highest BCUT2D eigenvalue weighted by Crippen LogP contribution is 2.15. The molecule has 0 bridgehead atoms. The van der Waals surface area contributed by atoms with Crippen molar-refractivity contribution in [1.29, 1.82) is 0 Å². The van der Waals surface area contributed by atoms with Crippen LogP contribution in [0.25, 0.3) is 0 Å². The zero-order valence-electron chi connectivity index (χ0n) is 7.77. The lowest BCUT2D eigenvalue weighted by molar-refractivity contribution is -0.138. The summed E-state index contributed by atoms with van der Waals surface area (Å²) in [6, 6.07) is -0.827. The van der Waals surface area contributed by atoms with Crippen LogP contribution in [0, 0.1) is 6.92 Å². The van der Waals surface area contributed by atoms with Gasteiger partial charge >= 0.3 is 5.97 Å². The molecule has 1 aromatic rings. The fourth-order valence-electron chi connectivity index (χ4n) is 1.00. The van der Waals surface area contributed by atoms with E-state index < -0.39 is 12.0 Å². The summed E-state index contributed by atoms with van der Waals surface area (Å²) in [5.74, 6) is -0.981. The maximum Gasteiger partial charge on any atom is 0.320 e. The number of hydrogen-bond donors (Lipinski definition) is 2. The number of carbonyl (C=O) groups is 1. The molecule has 0 aromatic carbocycles. The van der Waals surface area contributed by atoms with E-state index in [0.717, 1.165) is 10.2 Å². The topological polar surface area (TPSA) is 81.1 Å².